The molecule has 0 radical (unpaired) electrons. The lowest BCUT2D eigenvalue weighted by atomic mass is 9.79. The Morgan fingerprint density at radius 3 is 2.31 bits per heavy atom. The number of esters is 1. The van der Waals surface area contributed by atoms with Crippen LogP contribution in [-0.2, 0) is 9.53 Å². The molecule has 1 atom stereocenters. The molecule has 0 aliphatic carbocycles. The fourth-order valence-electron chi connectivity index (χ4n) is 1.38. The van der Waals surface area contributed by atoms with Crippen LogP contribution in [0.3, 0.4) is 0 Å². The maximum absolute atomic E-state index is 11.4. The van der Waals surface area contributed by atoms with Crippen LogP contribution in [0.4, 0.5) is 0 Å². The summed E-state index contributed by atoms with van der Waals surface area (Å²) in [4.78, 5) is 11.4. The van der Waals surface area contributed by atoms with Crippen molar-refractivity contribution in [2.24, 2.45) is 11.3 Å². The number of hydrogen-bond acceptors (Lipinski definition) is 3. The molecule has 1 unspecified atom stereocenters. The number of ether oxygens (including phenoxy) is 1. The van der Waals surface area contributed by atoms with E-state index in [1.165, 1.54) is 0 Å². The van der Waals surface area contributed by atoms with Crippen molar-refractivity contribution in [3.05, 3.63) is 0 Å². The van der Waals surface area contributed by atoms with Crippen molar-refractivity contribution in [3.63, 3.8) is 0 Å². The van der Waals surface area contributed by atoms with Crippen molar-refractivity contribution >= 4 is 5.97 Å². The standard InChI is InChI=1S/C10H20O3/c1-5-8(10(2,3)4)9(12)13-7-6-11/h8,11H,5-7H2,1-4H3. The predicted molar refractivity (Wildman–Crippen MR) is 51.3 cm³/mol. The second-order valence-corrected chi connectivity index (χ2v) is 4.22. The first-order chi connectivity index (χ1) is 5.93. The van der Waals surface area contributed by atoms with Crippen molar-refractivity contribution in [1.29, 1.82) is 0 Å². The first-order valence-corrected chi connectivity index (χ1v) is 4.71. The zero-order valence-electron chi connectivity index (χ0n) is 8.96. The number of aliphatic hydroxyl groups excluding tert-OH is 1. The van der Waals surface area contributed by atoms with Gasteiger partial charge in [-0.15, -0.1) is 0 Å². The molecule has 13 heavy (non-hydrogen) atoms. The van der Waals surface area contributed by atoms with Crippen LogP contribution < -0.4 is 0 Å². The van der Waals surface area contributed by atoms with Crippen molar-refractivity contribution in [3.8, 4) is 0 Å². The molecule has 0 saturated heterocycles. The van der Waals surface area contributed by atoms with E-state index in [2.05, 4.69) is 0 Å². The zero-order chi connectivity index (χ0) is 10.5. The van der Waals surface area contributed by atoms with E-state index < -0.39 is 0 Å². The van der Waals surface area contributed by atoms with E-state index in [9.17, 15) is 4.79 Å². The maximum atomic E-state index is 11.4. The normalized spacial score (nSPS) is 13.9. The average molecular weight is 188 g/mol. The Morgan fingerprint density at radius 2 is 2.00 bits per heavy atom. The van der Waals surface area contributed by atoms with Gasteiger partial charge in [0.05, 0.1) is 12.5 Å². The minimum atomic E-state index is -0.205. The van der Waals surface area contributed by atoms with Crippen LogP contribution in [0.25, 0.3) is 0 Å². The van der Waals surface area contributed by atoms with Crippen LogP contribution >= 0.6 is 0 Å². The van der Waals surface area contributed by atoms with E-state index in [1.807, 2.05) is 27.7 Å². The van der Waals surface area contributed by atoms with Crippen molar-refractivity contribution in [2.45, 2.75) is 34.1 Å². The fourth-order valence-corrected chi connectivity index (χ4v) is 1.38. The van der Waals surface area contributed by atoms with E-state index >= 15 is 0 Å². The minimum absolute atomic E-state index is 0.0682. The van der Waals surface area contributed by atoms with Gasteiger partial charge in [0.1, 0.15) is 6.61 Å². The third-order valence-electron chi connectivity index (χ3n) is 2.07. The lowest BCUT2D eigenvalue weighted by molar-refractivity contribution is -0.153. The number of aliphatic hydroxyl groups is 1. The highest BCUT2D eigenvalue weighted by atomic mass is 16.5. The molecule has 0 fully saturated rings. The van der Waals surface area contributed by atoms with E-state index in [4.69, 9.17) is 9.84 Å². The van der Waals surface area contributed by atoms with Gasteiger partial charge in [-0.2, -0.15) is 0 Å². The van der Waals surface area contributed by atoms with Gasteiger partial charge in [-0.25, -0.2) is 0 Å². The number of rotatable bonds is 4. The van der Waals surface area contributed by atoms with Gasteiger partial charge < -0.3 is 9.84 Å². The van der Waals surface area contributed by atoms with Crippen molar-refractivity contribution in [2.75, 3.05) is 13.2 Å². The summed E-state index contributed by atoms with van der Waals surface area (Å²) < 4.78 is 4.88. The highest BCUT2D eigenvalue weighted by Crippen LogP contribution is 2.29. The SMILES string of the molecule is CCC(C(=O)OCCO)C(C)(C)C. The molecule has 0 aromatic rings. The first-order valence-electron chi connectivity index (χ1n) is 4.71. The molecular formula is C10H20O3. The molecule has 0 rings (SSSR count). The molecule has 0 bridgehead atoms. The summed E-state index contributed by atoms with van der Waals surface area (Å²) in [5.74, 6) is -0.289. The topological polar surface area (TPSA) is 46.5 Å². The summed E-state index contributed by atoms with van der Waals surface area (Å²) in [5, 5.41) is 8.50. The third-order valence-corrected chi connectivity index (χ3v) is 2.07. The summed E-state index contributed by atoms with van der Waals surface area (Å²) >= 11 is 0. The smallest absolute Gasteiger partial charge is 0.309 e. The Kier molecular flexibility index (Phi) is 4.99. The monoisotopic (exact) mass is 188 g/mol. The van der Waals surface area contributed by atoms with Gasteiger partial charge in [0.15, 0.2) is 0 Å². The molecule has 0 aliphatic heterocycles. The average Bonchev–Trinajstić information content (AvgIpc) is 1.99. The summed E-state index contributed by atoms with van der Waals surface area (Å²) in [6.45, 7) is 8.01. The van der Waals surface area contributed by atoms with Gasteiger partial charge >= 0.3 is 5.97 Å². The van der Waals surface area contributed by atoms with Gasteiger partial charge in [0.2, 0.25) is 0 Å². The van der Waals surface area contributed by atoms with Crippen LogP contribution in [0.5, 0.6) is 0 Å². The van der Waals surface area contributed by atoms with Gasteiger partial charge in [-0.05, 0) is 11.8 Å². The van der Waals surface area contributed by atoms with Crippen molar-refractivity contribution < 1.29 is 14.6 Å². The second-order valence-electron chi connectivity index (χ2n) is 4.22. The van der Waals surface area contributed by atoms with E-state index in [0.29, 0.717) is 0 Å². The second kappa shape index (κ2) is 5.22. The van der Waals surface area contributed by atoms with Crippen LogP contribution in [0.2, 0.25) is 0 Å². The Morgan fingerprint density at radius 1 is 1.46 bits per heavy atom. The molecule has 0 spiro atoms. The molecule has 0 heterocycles. The Labute approximate surface area is 80.1 Å². The molecule has 0 aromatic heterocycles. The highest BCUT2D eigenvalue weighted by molar-refractivity contribution is 5.73. The van der Waals surface area contributed by atoms with Gasteiger partial charge in [0.25, 0.3) is 0 Å². The van der Waals surface area contributed by atoms with Gasteiger partial charge in [0, 0.05) is 0 Å². The molecule has 0 amide bonds. The highest BCUT2D eigenvalue weighted by Gasteiger charge is 2.30. The molecule has 3 heteroatoms. The van der Waals surface area contributed by atoms with Gasteiger partial charge in [-0.1, -0.05) is 27.7 Å². The number of hydrogen-bond donors (Lipinski definition) is 1. The number of carbonyl (C=O) groups is 1. The zero-order valence-corrected chi connectivity index (χ0v) is 8.96. The largest absolute Gasteiger partial charge is 0.463 e. The van der Waals surface area contributed by atoms with E-state index in [-0.39, 0.29) is 30.5 Å². The molecule has 1 N–H and O–H groups in total. The molecule has 0 aliphatic rings. The minimum Gasteiger partial charge on any atom is -0.463 e. The Bertz CT molecular complexity index is 158. The molecular weight excluding hydrogens is 168 g/mol. The van der Waals surface area contributed by atoms with E-state index in [1.54, 1.807) is 0 Å². The van der Waals surface area contributed by atoms with Crippen molar-refractivity contribution in [1.82, 2.24) is 0 Å². The quantitative estimate of drug-likeness (QED) is 0.681. The van der Waals surface area contributed by atoms with E-state index in [0.717, 1.165) is 6.42 Å². The third kappa shape index (κ3) is 4.27. The molecule has 78 valence electrons. The summed E-state index contributed by atoms with van der Waals surface area (Å²) in [6.07, 6.45) is 0.772. The molecule has 0 aromatic carbocycles. The number of carbonyl (C=O) groups excluding carboxylic acids is 1. The van der Waals surface area contributed by atoms with Crippen LogP contribution in [0.1, 0.15) is 34.1 Å². The van der Waals surface area contributed by atoms with Crippen LogP contribution in [-0.4, -0.2) is 24.3 Å². The lowest BCUT2D eigenvalue weighted by Crippen LogP contribution is -2.30. The summed E-state index contributed by atoms with van der Waals surface area (Å²) in [6, 6.07) is 0. The Balaban J connectivity index is 4.16. The summed E-state index contributed by atoms with van der Waals surface area (Å²) in [7, 11) is 0. The summed E-state index contributed by atoms with van der Waals surface area (Å²) in [5.41, 5.74) is -0.0682. The maximum Gasteiger partial charge on any atom is 0.309 e. The molecule has 0 saturated carbocycles. The predicted octanol–water partition coefficient (Wildman–Crippen LogP) is 1.59. The van der Waals surface area contributed by atoms with Gasteiger partial charge in [-0.3, -0.25) is 4.79 Å². The fraction of sp³-hybridized carbons (Fsp3) is 0.900. The molecule has 3 nitrogen and oxygen atoms in total. The first kappa shape index (κ1) is 12.4. The Hall–Kier alpha value is -0.570. The van der Waals surface area contributed by atoms with Crippen LogP contribution in [0, 0.1) is 11.3 Å². The van der Waals surface area contributed by atoms with Crippen LogP contribution in [0.15, 0.2) is 0 Å². The lowest BCUT2D eigenvalue weighted by Gasteiger charge is -2.27.